The van der Waals surface area contributed by atoms with Crippen LogP contribution in [0.3, 0.4) is 0 Å². The molecule has 0 spiro atoms. The highest BCUT2D eigenvalue weighted by Crippen LogP contribution is 2.32. The van der Waals surface area contributed by atoms with Crippen molar-refractivity contribution in [2.75, 3.05) is 7.11 Å². The molecule has 2 amide bonds. The van der Waals surface area contributed by atoms with Crippen molar-refractivity contribution in [3.8, 4) is 0 Å². The van der Waals surface area contributed by atoms with Gasteiger partial charge in [0.05, 0.1) is 6.10 Å². The molecule has 5 heteroatoms. The van der Waals surface area contributed by atoms with Crippen LogP contribution >= 0.6 is 0 Å². The molecule has 5 nitrogen and oxygen atoms in total. The minimum absolute atomic E-state index is 0.0123. The lowest BCUT2D eigenvalue weighted by molar-refractivity contribution is -0.159. The predicted molar refractivity (Wildman–Crippen MR) is 71.5 cm³/mol. The van der Waals surface area contributed by atoms with E-state index in [0.29, 0.717) is 6.42 Å². The molecule has 1 heterocycles. The molecule has 1 saturated carbocycles. The highest BCUT2D eigenvalue weighted by atomic mass is 16.5. The summed E-state index contributed by atoms with van der Waals surface area (Å²) >= 11 is 0. The van der Waals surface area contributed by atoms with E-state index in [0.717, 1.165) is 12.8 Å². The van der Waals surface area contributed by atoms with Gasteiger partial charge in [-0.15, -0.1) is 0 Å². The van der Waals surface area contributed by atoms with Crippen LogP contribution in [0.5, 0.6) is 0 Å². The normalized spacial score (nSPS) is 35.3. The summed E-state index contributed by atoms with van der Waals surface area (Å²) in [7, 11) is 1.69. The summed E-state index contributed by atoms with van der Waals surface area (Å²) in [5.74, 6) is 0.178. The first-order valence-corrected chi connectivity index (χ1v) is 7.14. The van der Waals surface area contributed by atoms with Crippen molar-refractivity contribution in [3.63, 3.8) is 0 Å². The summed E-state index contributed by atoms with van der Waals surface area (Å²) in [5.41, 5.74) is 0. The lowest BCUT2D eigenvalue weighted by atomic mass is 9.84. The minimum atomic E-state index is -0.378. The van der Waals surface area contributed by atoms with Crippen LogP contribution in [0, 0.1) is 5.92 Å². The Bertz CT molecular complexity index is 364. The molecular formula is C14H24N2O3. The van der Waals surface area contributed by atoms with E-state index in [4.69, 9.17) is 4.74 Å². The van der Waals surface area contributed by atoms with Gasteiger partial charge in [-0.1, -0.05) is 20.8 Å². The number of carbonyl (C=O) groups is 2. The van der Waals surface area contributed by atoms with Gasteiger partial charge in [-0.3, -0.25) is 9.59 Å². The van der Waals surface area contributed by atoms with Gasteiger partial charge < -0.3 is 15.0 Å². The summed E-state index contributed by atoms with van der Waals surface area (Å²) in [6.07, 6.45) is 2.59. The quantitative estimate of drug-likeness (QED) is 0.825. The number of hydrogen-bond donors (Lipinski definition) is 1. The first-order chi connectivity index (χ1) is 8.99. The highest BCUT2D eigenvalue weighted by Gasteiger charge is 2.47. The molecule has 19 heavy (non-hydrogen) atoms. The molecule has 1 saturated heterocycles. The molecule has 0 bridgehead atoms. The third kappa shape index (κ3) is 2.48. The van der Waals surface area contributed by atoms with Crippen molar-refractivity contribution in [2.24, 2.45) is 5.92 Å². The van der Waals surface area contributed by atoms with E-state index in [1.165, 1.54) is 0 Å². The maximum atomic E-state index is 12.6. The zero-order chi connectivity index (χ0) is 14.2. The molecule has 0 radical (unpaired) electrons. The Morgan fingerprint density at radius 2 is 2.00 bits per heavy atom. The molecule has 108 valence electrons. The van der Waals surface area contributed by atoms with E-state index >= 15 is 0 Å². The smallest absolute Gasteiger partial charge is 0.246 e. The lowest BCUT2D eigenvalue weighted by Crippen LogP contribution is -2.68. The van der Waals surface area contributed by atoms with Gasteiger partial charge >= 0.3 is 0 Å². The predicted octanol–water partition coefficient (Wildman–Crippen LogP) is 0.925. The van der Waals surface area contributed by atoms with Gasteiger partial charge in [0.1, 0.15) is 12.1 Å². The van der Waals surface area contributed by atoms with Gasteiger partial charge in [-0.25, -0.2) is 0 Å². The van der Waals surface area contributed by atoms with Gasteiger partial charge in [-0.2, -0.15) is 0 Å². The SMILES string of the molecule is CCC1C(=O)NC(C(C)C)C(=O)N1C1CC(OC)C1. The fraction of sp³-hybridized carbons (Fsp3) is 0.857. The van der Waals surface area contributed by atoms with Crippen LogP contribution in [0.1, 0.15) is 40.0 Å². The molecule has 0 aromatic carbocycles. The number of hydrogen-bond acceptors (Lipinski definition) is 3. The van der Waals surface area contributed by atoms with Crippen LogP contribution in [0.25, 0.3) is 0 Å². The average Bonchev–Trinajstić information content (AvgIpc) is 2.31. The molecule has 2 unspecified atom stereocenters. The van der Waals surface area contributed by atoms with Crippen LogP contribution in [0.4, 0.5) is 0 Å². The largest absolute Gasteiger partial charge is 0.381 e. The first-order valence-electron chi connectivity index (χ1n) is 7.14. The maximum Gasteiger partial charge on any atom is 0.246 e. The topological polar surface area (TPSA) is 58.6 Å². The maximum absolute atomic E-state index is 12.6. The van der Waals surface area contributed by atoms with E-state index in [1.54, 1.807) is 7.11 Å². The van der Waals surface area contributed by atoms with Gasteiger partial charge in [0.15, 0.2) is 0 Å². The Balaban J connectivity index is 2.15. The number of amides is 2. The van der Waals surface area contributed by atoms with Crippen LogP contribution in [-0.4, -0.2) is 48.1 Å². The molecule has 0 aromatic rings. The molecule has 2 rings (SSSR count). The molecule has 0 aromatic heterocycles. The second kappa shape index (κ2) is 5.49. The molecule has 2 fully saturated rings. The van der Waals surface area contributed by atoms with Gasteiger partial charge in [0.2, 0.25) is 11.8 Å². The van der Waals surface area contributed by atoms with Crippen LogP contribution in [0.2, 0.25) is 0 Å². The van der Waals surface area contributed by atoms with E-state index in [1.807, 2.05) is 25.7 Å². The Kier molecular flexibility index (Phi) is 4.13. The van der Waals surface area contributed by atoms with Crippen LogP contribution < -0.4 is 5.32 Å². The summed E-state index contributed by atoms with van der Waals surface area (Å²) in [6, 6.07) is -0.531. The monoisotopic (exact) mass is 268 g/mol. The zero-order valence-electron chi connectivity index (χ0n) is 12.2. The van der Waals surface area contributed by atoms with Gasteiger partial charge in [0.25, 0.3) is 0 Å². The van der Waals surface area contributed by atoms with Crippen molar-refractivity contribution < 1.29 is 14.3 Å². The van der Waals surface area contributed by atoms with Crippen LogP contribution in [0.15, 0.2) is 0 Å². The highest BCUT2D eigenvalue weighted by molar-refractivity contribution is 5.97. The molecule has 2 aliphatic rings. The second-order valence-electron chi connectivity index (χ2n) is 5.88. The van der Waals surface area contributed by atoms with Crippen LogP contribution in [-0.2, 0) is 14.3 Å². The fourth-order valence-electron chi connectivity index (χ4n) is 2.98. The zero-order valence-corrected chi connectivity index (χ0v) is 12.2. The Labute approximate surface area is 114 Å². The fourth-order valence-corrected chi connectivity index (χ4v) is 2.98. The van der Waals surface area contributed by atoms with Crippen molar-refractivity contribution >= 4 is 11.8 Å². The number of nitrogens with one attached hydrogen (secondary N) is 1. The standard InChI is InChI=1S/C14H24N2O3/c1-5-11-13(17)15-12(8(2)3)14(18)16(11)9-6-10(7-9)19-4/h8-12H,5-7H2,1-4H3,(H,15,17). The average molecular weight is 268 g/mol. The number of rotatable bonds is 4. The molecule has 1 aliphatic carbocycles. The number of nitrogens with zero attached hydrogens (tertiary/aromatic N) is 1. The summed E-state index contributed by atoms with van der Waals surface area (Å²) < 4.78 is 5.27. The number of ether oxygens (including phenoxy) is 1. The Morgan fingerprint density at radius 1 is 1.37 bits per heavy atom. The van der Waals surface area contributed by atoms with Crippen molar-refractivity contribution in [2.45, 2.75) is 64.3 Å². The third-order valence-electron chi connectivity index (χ3n) is 4.31. The Morgan fingerprint density at radius 3 is 2.47 bits per heavy atom. The van der Waals surface area contributed by atoms with E-state index in [9.17, 15) is 9.59 Å². The van der Waals surface area contributed by atoms with Crippen molar-refractivity contribution in [1.82, 2.24) is 10.2 Å². The molecule has 1 N–H and O–H groups in total. The van der Waals surface area contributed by atoms with Gasteiger partial charge in [0, 0.05) is 13.2 Å². The second-order valence-corrected chi connectivity index (χ2v) is 5.88. The van der Waals surface area contributed by atoms with Crippen molar-refractivity contribution in [1.29, 1.82) is 0 Å². The van der Waals surface area contributed by atoms with Crippen molar-refractivity contribution in [3.05, 3.63) is 0 Å². The summed E-state index contributed by atoms with van der Waals surface area (Å²) in [4.78, 5) is 26.6. The minimum Gasteiger partial charge on any atom is -0.381 e. The number of piperazine rings is 1. The molecule has 1 aliphatic heterocycles. The molecular weight excluding hydrogens is 244 g/mol. The van der Waals surface area contributed by atoms with E-state index in [-0.39, 0.29) is 42.0 Å². The number of methoxy groups -OCH3 is 1. The summed E-state index contributed by atoms with van der Waals surface area (Å²) in [5, 5.41) is 2.86. The van der Waals surface area contributed by atoms with Gasteiger partial charge in [-0.05, 0) is 25.2 Å². The summed E-state index contributed by atoms with van der Waals surface area (Å²) in [6.45, 7) is 5.88. The molecule has 2 atom stereocenters. The lowest BCUT2D eigenvalue weighted by Gasteiger charge is -2.49. The number of carbonyl (C=O) groups excluding carboxylic acids is 2. The Hall–Kier alpha value is -1.10. The van der Waals surface area contributed by atoms with E-state index < -0.39 is 0 Å². The van der Waals surface area contributed by atoms with E-state index in [2.05, 4.69) is 5.32 Å². The first kappa shape index (κ1) is 14.3. The third-order valence-corrected chi connectivity index (χ3v) is 4.31.